The number of hydrogen-bond donors (Lipinski definition) is 5. The van der Waals surface area contributed by atoms with Crippen molar-refractivity contribution >= 4 is 45.3 Å². The first-order valence-electron chi connectivity index (χ1n) is 9.86. The van der Waals surface area contributed by atoms with Crippen molar-refractivity contribution in [2.45, 2.75) is 50.2 Å². The molecule has 28 heavy (non-hydrogen) atoms. The Morgan fingerprint density at radius 3 is 1.86 bits per heavy atom. The van der Waals surface area contributed by atoms with Gasteiger partial charge in [0.05, 0.1) is 25.4 Å². The van der Waals surface area contributed by atoms with Gasteiger partial charge < -0.3 is 25.5 Å². The molecule has 0 aliphatic heterocycles. The molecule has 1 atom stereocenters. The van der Waals surface area contributed by atoms with Crippen LogP contribution in [0.1, 0.15) is 44.9 Å². The highest BCUT2D eigenvalue weighted by Crippen LogP contribution is 2.35. The maximum absolute atomic E-state index is 10.7. The molecule has 0 aromatic carbocycles. The molecular weight excluding hydrogens is 438 g/mol. The number of unbranched alkanes of at least 4 members (excludes halogenated alkanes) is 1. The molecule has 0 aliphatic rings. The molecule has 0 aromatic heterocycles. The van der Waals surface area contributed by atoms with E-state index in [2.05, 4.69) is 0 Å². The van der Waals surface area contributed by atoms with Crippen LogP contribution in [-0.2, 0) is 4.79 Å². The first kappa shape index (κ1) is 28.9. The van der Waals surface area contributed by atoms with Gasteiger partial charge in [-0.15, -0.1) is 0 Å². The van der Waals surface area contributed by atoms with E-state index >= 15 is 0 Å². The molecule has 0 aromatic rings. The summed E-state index contributed by atoms with van der Waals surface area (Å²) < 4.78 is 0. The second-order valence-electron chi connectivity index (χ2n) is 6.60. The fraction of sp³-hybridized carbons (Fsp3) is 0.944. The van der Waals surface area contributed by atoms with E-state index in [0.29, 0.717) is 5.25 Å². The molecule has 6 nitrogen and oxygen atoms in total. The van der Waals surface area contributed by atoms with Crippen LogP contribution in [0.3, 0.4) is 0 Å². The first-order valence-corrected chi connectivity index (χ1v) is 15.9. The average molecular weight is 477 g/mol. The molecule has 10 heteroatoms. The number of carboxylic acid groups (broad SMARTS) is 1. The van der Waals surface area contributed by atoms with Crippen LogP contribution >= 0.6 is 39.4 Å². The second-order valence-corrected chi connectivity index (χ2v) is 13.9. The van der Waals surface area contributed by atoms with Crippen LogP contribution in [0.15, 0.2) is 0 Å². The van der Waals surface area contributed by atoms with Gasteiger partial charge in [0.25, 0.3) is 0 Å². The Morgan fingerprint density at radius 2 is 1.32 bits per heavy atom. The lowest BCUT2D eigenvalue weighted by molar-refractivity contribution is -0.137. The van der Waals surface area contributed by atoms with Gasteiger partial charge >= 0.3 is 5.97 Å². The van der Waals surface area contributed by atoms with Gasteiger partial charge in [-0.3, -0.25) is 4.79 Å². The highest BCUT2D eigenvalue weighted by Gasteiger charge is 2.11. The Kier molecular flexibility index (Phi) is 21.8. The fourth-order valence-corrected chi connectivity index (χ4v) is 7.38. The second kappa shape index (κ2) is 21.1. The zero-order chi connectivity index (χ0) is 21.0. The lowest BCUT2D eigenvalue weighted by atomic mass is 10.1. The number of carbonyl (C=O) groups is 1. The first-order chi connectivity index (χ1) is 13.6. The fourth-order valence-electron chi connectivity index (χ4n) is 2.58. The summed E-state index contributed by atoms with van der Waals surface area (Å²) in [5.41, 5.74) is 0. The van der Waals surface area contributed by atoms with E-state index in [1.807, 2.05) is 23.5 Å². The number of thioether (sulfide) groups is 2. The molecule has 0 radical (unpaired) electrons. The van der Waals surface area contributed by atoms with Crippen LogP contribution in [0.25, 0.3) is 0 Å². The lowest BCUT2D eigenvalue weighted by Crippen LogP contribution is -2.07. The minimum absolute atomic E-state index is 0.0977. The summed E-state index contributed by atoms with van der Waals surface area (Å²) in [5.74, 6) is 2.41. The molecule has 0 aliphatic carbocycles. The topological polar surface area (TPSA) is 118 Å². The number of aliphatic hydroxyl groups is 4. The third-order valence-corrected chi connectivity index (χ3v) is 10.4. The van der Waals surface area contributed by atoms with Gasteiger partial charge in [-0.05, 0) is 61.7 Å². The smallest absolute Gasteiger partial charge is 0.303 e. The zero-order valence-electron chi connectivity index (χ0n) is 16.7. The summed E-state index contributed by atoms with van der Waals surface area (Å²) in [5, 5.41) is 45.8. The van der Waals surface area contributed by atoms with Gasteiger partial charge in [0.15, 0.2) is 0 Å². The Morgan fingerprint density at radius 1 is 0.750 bits per heavy atom. The summed E-state index contributed by atoms with van der Waals surface area (Å²) in [7, 11) is -1.25. The van der Waals surface area contributed by atoms with Crippen LogP contribution in [-0.4, -0.2) is 91.7 Å². The highest BCUT2D eigenvalue weighted by molar-refractivity contribution is 8.00. The predicted octanol–water partition coefficient (Wildman–Crippen LogP) is 3.40. The molecule has 168 valence electrons. The summed E-state index contributed by atoms with van der Waals surface area (Å²) in [6.07, 6.45) is 8.30. The van der Waals surface area contributed by atoms with Crippen molar-refractivity contribution < 1.29 is 30.3 Å². The minimum atomic E-state index is -0.730. The van der Waals surface area contributed by atoms with Crippen molar-refractivity contribution in [3.63, 3.8) is 0 Å². The van der Waals surface area contributed by atoms with Gasteiger partial charge in [-0.1, -0.05) is 22.3 Å². The van der Waals surface area contributed by atoms with E-state index in [1.54, 1.807) is 0 Å². The Bertz CT molecular complexity index is 361. The number of hydrogen-bond acceptors (Lipinski definition) is 7. The maximum atomic E-state index is 10.7. The zero-order valence-corrected chi connectivity index (χ0v) is 20.2. The molecule has 5 N–H and O–H groups in total. The van der Waals surface area contributed by atoms with E-state index in [-0.39, 0.29) is 31.8 Å². The molecule has 0 amide bonds. The summed E-state index contributed by atoms with van der Waals surface area (Å²) in [6, 6.07) is 0. The van der Waals surface area contributed by atoms with Crippen LogP contribution in [0.5, 0.6) is 0 Å². The van der Waals surface area contributed by atoms with Crippen LogP contribution in [0.4, 0.5) is 0 Å². The Hall–Kier alpha value is 0.870. The van der Waals surface area contributed by atoms with E-state index < -0.39 is 21.8 Å². The minimum Gasteiger partial charge on any atom is -0.481 e. The molecular formula is C18H38O6P2S2. The van der Waals surface area contributed by atoms with Gasteiger partial charge in [0.2, 0.25) is 0 Å². The van der Waals surface area contributed by atoms with E-state index in [0.717, 1.165) is 68.1 Å². The molecule has 0 saturated heterocycles. The normalized spacial score (nSPS) is 12.8. The summed E-state index contributed by atoms with van der Waals surface area (Å²) in [4.78, 5) is 10.7. The third-order valence-electron chi connectivity index (χ3n) is 4.29. The number of rotatable bonds is 21. The molecule has 0 saturated carbocycles. The quantitative estimate of drug-likeness (QED) is 0.126. The van der Waals surface area contributed by atoms with Crippen LogP contribution in [0.2, 0.25) is 0 Å². The van der Waals surface area contributed by atoms with Gasteiger partial charge in [0.1, 0.15) is 0 Å². The van der Waals surface area contributed by atoms with Crippen molar-refractivity contribution in [2.75, 3.05) is 55.0 Å². The van der Waals surface area contributed by atoms with Gasteiger partial charge in [0, 0.05) is 11.7 Å². The molecule has 0 bridgehead atoms. The summed E-state index contributed by atoms with van der Waals surface area (Å²) >= 11 is 3.86. The number of aliphatic carboxylic acids is 1. The third kappa shape index (κ3) is 17.7. The van der Waals surface area contributed by atoms with Crippen molar-refractivity contribution in [3.8, 4) is 0 Å². The van der Waals surface area contributed by atoms with E-state index in [4.69, 9.17) is 25.5 Å². The van der Waals surface area contributed by atoms with Crippen LogP contribution < -0.4 is 0 Å². The van der Waals surface area contributed by atoms with Crippen LogP contribution in [0, 0.1) is 0 Å². The van der Waals surface area contributed by atoms with Crippen molar-refractivity contribution in [3.05, 3.63) is 0 Å². The molecule has 0 fully saturated rings. The number of aliphatic hydroxyl groups excluding tert-OH is 4. The highest BCUT2D eigenvalue weighted by atomic mass is 32.2. The van der Waals surface area contributed by atoms with E-state index in [9.17, 15) is 4.79 Å². The monoisotopic (exact) mass is 476 g/mol. The van der Waals surface area contributed by atoms with E-state index in [1.165, 1.54) is 0 Å². The average Bonchev–Trinajstić information content (AvgIpc) is 2.69. The Labute approximate surface area is 180 Å². The van der Waals surface area contributed by atoms with Crippen molar-refractivity contribution in [1.29, 1.82) is 0 Å². The van der Waals surface area contributed by atoms with Crippen molar-refractivity contribution in [1.82, 2.24) is 0 Å². The predicted molar refractivity (Wildman–Crippen MR) is 125 cm³/mol. The molecule has 0 rings (SSSR count). The Balaban J connectivity index is 4.02. The van der Waals surface area contributed by atoms with Crippen molar-refractivity contribution in [2.24, 2.45) is 0 Å². The molecule has 1 unspecified atom stereocenters. The largest absolute Gasteiger partial charge is 0.481 e. The molecule has 0 spiro atoms. The van der Waals surface area contributed by atoms with Gasteiger partial charge in [-0.2, -0.15) is 23.5 Å². The SMILES string of the molecule is O=C(O)CCCCC(CCSCCCP(CO)CO)SCCCP(CO)CO. The number of carboxylic acids is 1. The standard InChI is InChI=1S/C18H38O6P2S2/c19-13-25(14-20)8-3-10-27-12-7-17(5-1-2-6-18(23)24)28-11-4-9-26(15-21)16-22/h17,19-22H,1-16H2,(H,23,24). The molecule has 0 heterocycles. The van der Waals surface area contributed by atoms with Gasteiger partial charge in [-0.25, -0.2) is 0 Å². The summed E-state index contributed by atoms with van der Waals surface area (Å²) in [6.45, 7) is 0. The lowest BCUT2D eigenvalue weighted by Gasteiger charge is -2.17. The maximum Gasteiger partial charge on any atom is 0.303 e.